The number of halogens is 4. The van der Waals surface area contributed by atoms with Crippen molar-refractivity contribution >= 4 is 73.9 Å². The van der Waals surface area contributed by atoms with Crippen molar-refractivity contribution in [3.05, 3.63) is 92.4 Å². The van der Waals surface area contributed by atoms with E-state index < -0.39 is 34.4 Å². The molecule has 0 saturated carbocycles. The Kier molecular flexibility index (Phi) is 10.3. The second-order valence-electron chi connectivity index (χ2n) is 8.26. The summed E-state index contributed by atoms with van der Waals surface area (Å²) in [5.74, 6) is -1.02. The number of hydrogen-bond acceptors (Lipinski definition) is 4. The highest BCUT2D eigenvalue weighted by Gasteiger charge is 2.33. The monoisotopic (exact) mass is 615 g/mol. The zero-order valence-corrected chi connectivity index (χ0v) is 24.3. The van der Waals surface area contributed by atoms with Crippen molar-refractivity contribution in [3.8, 4) is 0 Å². The van der Waals surface area contributed by atoms with Gasteiger partial charge in [-0.25, -0.2) is 8.42 Å². The number of anilines is 1. The molecular formula is C26H25Cl4N3O4S. The van der Waals surface area contributed by atoms with Crippen LogP contribution in [0.4, 0.5) is 5.69 Å². The van der Waals surface area contributed by atoms with Crippen molar-refractivity contribution in [3.63, 3.8) is 0 Å². The van der Waals surface area contributed by atoms with E-state index >= 15 is 0 Å². The molecule has 0 heterocycles. The molecule has 12 heteroatoms. The smallest absolute Gasteiger partial charge is 0.264 e. The number of sulfonamides is 1. The minimum absolute atomic E-state index is 0.0167. The molecular weight excluding hydrogens is 592 g/mol. The molecule has 1 N–H and O–H groups in total. The van der Waals surface area contributed by atoms with Gasteiger partial charge in [-0.3, -0.25) is 13.9 Å². The van der Waals surface area contributed by atoms with E-state index in [1.165, 1.54) is 42.3 Å². The predicted octanol–water partition coefficient (Wildman–Crippen LogP) is 6.05. The summed E-state index contributed by atoms with van der Waals surface area (Å²) >= 11 is 24.6. The van der Waals surface area contributed by atoms with Crippen LogP contribution < -0.4 is 9.62 Å². The topological polar surface area (TPSA) is 86.8 Å². The van der Waals surface area contributed by atoms with Crippen molar-refractivity contribution in [1.29, 1.82) is 0 Å². The molecule has 0 aliphatic heterocycles. The number of rotatable bonds is 10. The molecule has 38 heavy (non-hydrogen) atoms. The first-order chi connectivity index (χ1) is 18.0. The molecule has 2 amide bonds. The molecule has 0 aliphatic carbocycles. The average Bonchev–Trinajstić information content (AvgIpc) is 2.88. The van der Waals surface area contributed by atoms with E-state index in [1.807, 2.05) is 0 Å². The zero-order valence-electron chi connectivity index (χ0n) is 20.5. The van der Waals surface area contributed by atoms with E-state index in [0.29, 0.717) is 10.6 Å². The van der Waals surface area contributed by atoms with Crippen LogP contribution in [0.1, 0.15) is 18.9 Å². The lowest BCUT2D eigenvalue weighted by molar-refractivity contribution is -0.140. The van der Waals surface area contributed by atoms with Crippen LogP contribution in [0.2, 0.25) is 20.1 Å². The van der Waals surface area contributed by atoms with Gasteiger partial charge in [-0.2, -0.15) is 0 Å². The lowest BCUT2D eigenvalue weighted by atomic mass is 10.1. The van der Waals surface area contributed by atoms with Gasteiger partial charge in [-0.05, 0) is 54.4 Å². The number of carbonyl (C=O) groups is 2. The molecule has 0 aliphatic rings. The molecule has 3 rings (SSSR count). The third-order valence-corrected chi connectivity index (χ3v) is 8.68. The molecule has 0 radical (unpaired) electrons. The first-order valence-corrected chi connectivity index (χ1v) is 14.4. The third-order valence-electron chi connectivity index (χ3n) is 5.71. The summed E-state index contributed by atoms with van der Waals surface area (Å²) in [5, 5.41) is 3.57. The van der Waals surface area contributed by atoms with Gasteiger partial charge in [0.25, 0.3) is 10.0 Å². The highest BCUT2D eigenvalue weighted by molar-refractivity contribution is 7.92. The van der Waals surface area contributed by atoms with Crippen LogP contribution in [-0.4, -0.2) is 44.8 Å². The first-order valence-electron chi connectivity index (χ1n) is 11.5. The Morgan fingerprint density at radius 1 is 0.895 bits per heavy atom. The van der Waals surface area contributed by atoms with E-state index in [-0.39, 0.29) is 38.6 Å². The third kappa shape index (κ3) is 7.12. The Labute approximate surface area is 242 Å². The fraction of sp³-hybridized carbons (Fsp3) is 0.231. The summed E-state index contributed by atoms with van der Waals surface area (Å²) < 4.78 is 28.4. The molecule has 7 nitrogen and oxygen atoms in total. The zero-order chi connectivity index (χ0) is 28.0. The van der Waals surface area contributed by atoms with Gasteiger partial charge in [0.05, 0.1) is 20.6 Å². The second kappa shape index (κ2) is 13.0. The molecule has 1 atom stereocenters. The van der Waals surface area contributed by atoms with Crippen molar-refractivity contribution in [2.24, 2.45) is 0 Å². The van der Waals surface area contributed by atoms with Crippen LogP contribution in [0.3, 0.4) is 0 Å². The van der Waals surface area contributed by atoms with Crippen molar-refractivity contribution in [2.75, 3.05) is 17.9 Å². The number of benzene rings is 3. The molecule has 0 saturated heterocycles. The van der Waals surface area contributed by atoms with Crippen molar-refractivity contribution in [1.82, 2.24) is 10.2 Å². The van der Waals surface area contributed by atoms with Crippen LogP contribution >= 0.6 is 46.4 Å². The lowest BCUT2D eigenvalue weighted by Gasteiger charge is -2.33. The average molecular weight is 617 g/mol. The molecule has 3 aromatic carbocycles. The maximum Gasteiger partial charge on any atom is 0.264 e. The van der Waals surface area contributed by atoms with Gasteiger partial charge in [0, 0.05) is 23.6 Å². The van der Waals surface area contributed by atoms with Crippen LogP contribution in [0.25, 0.3) is 0 Å². The standard InChI is InChI=1S/C26H25Cl4N3O4S/c1-3-24(26(35)31-2)32(15-17-9-10-22(29)23(30)11-17)25(34)16-33(20-13-18(27)12-19(28)14-20)38(36,37)21-7-5-4-6-8-21/h4-14,24H,3,15-16H2,1-2H3,(H,31,35). The molecule has 0 fully saturated rings. The van der Waals surface area contributed by atoms with E-state index in [1.54, 1.807) is 43.3 Å². The lowest BCUT2D eigenvalue weighted by Crippen LogP contribution is -2.51. The van der Waals surface area contributed by atoms with Gasteiger partial charge >= 0.3 is 0 Å². The summed E-state index contributed by atoms with van der Waals surface area (Å²) in [6.45, 7) is 1.12. The largest absolute Gasteiger partial charge is 0.357 e. The number of likely N-dealkylation sites (N-methyl/N-ethyl adjacent to an activating group) is 1. The summed E-state index contributed by atoms with van der Waals surface area (Å²) in [6, 6.07) is 15.9. The summed E-state index contributed by atoms with van der Waals surface area (Å²) in [5.41, 5.74) is 0.709. The van der Waals surface area contributed by atoms with Crippen molar-refractivity contribution < 1.29 is 18.0 Å². The van der Waals surface area contributed by atoms with Crippen LogP contribution in [0.15, 0.2) is 71.6 Å². The van der Waals surface area contributed by atoms with Crippen molar-refractivity contribution in [2.45, 2.75) is 30.8 Å². The Morgan fingerprint density at radius 2 is 1.53 bits per heavy atom. The molecule has 1 unspecified atom stereocenters. The maximum absolute atomic E-state index is 13.9. The van der Waals surface area contributed by atoms with E-state index in [4.69, 9.17) is 46.4 Å². The fourth-order valence-electron chi connectivity index (χ4n) is 3.85. The number of amides is 2. The minimum Gasteiger partial charge on any atom is -0.357 e. The Morgan fingerprint density at radius 3 is 2.08 bits per heavy atom. The van der Waals surface area contributed by atoms with Crippen LogP contribution in [0.5, 0.6) is 0 Å². The second-order valence-corrected chi connectivity index (χ2v) is 11.8. The fourth-order valence-corrected chi connectivity index (χ4v) is 6.11. The summed E-state index contributed by atoms with van der Waals surface area (Å²) in [4.78, 5) is 27.9. The molecule has 3 aromatic rings. The number of carbonyl (C=O) groups excluding carboxylic acids is 2. The maximum atomic E-state index is 13.9. The first kappa shape index (κ1) is 30.1. The normalized spacial score (nSPS) is 12.1. The van der Waals surface area contributed by atoms with E-state index in [2.05, 4.69) is 5.32 Å². The van der Waals surface area contributed by atoms with Gasteiger partial charge in [0.15, 0.2) is 0 Å². The highest BCUT2D eigenvalue weighted by atomic mass is 35.5. The quantitative estimate of drug-likeness (QED) is 0.300. The van der Waals surface area contributed by atoms with Gasteiger partial charge in [0.1, 0.15) is 12.6 Å². The van der Waals surface area contributed by atoms with E-state index in [9.17, 15) is 18.0 Å². The summed E-state index contributed by atoms with van der Waals surface area (Å²) in [7, 11) is -2.76. The molecule has 0 bridgehead atoms. The Bertz CT molecular complexity index is 1400. The Balaban J connectivity index is 2.09. The van der Waals surface area contributed by atoms with Crippen LogP contribution in [0, 0.1) is 0 Å². The molecule has 0 spiro atoms. The van der Waals surface area contributed by atoms with Gasteiger partial charge in [-0.15, -0.1) is 0 Å². The molecule has 202 valence electrons. The predicted molar refractivity (Wildman–Crippen MR) is 153 cm³/mol. The SMILES string of the molecule is CCC(C(=O)NC)N(Cc1ccc(Cl)c(Cl)c1)C(=O)CN(c1cc(Cl)cc(Cl)c1)S(=O)(=O)c1ccccc1. The molecule has 0 aromatic heterocycles. The van der Waals surface area contributed by atoms with E-state index in [0.717, 1.165) is 4.31 Å². The van der Waals surface area contributed by atoms with Gasteiger partial charge in [-0.1, -0.05) is 77.6 Å². The van der Waals surface area contributed by atoms with Gasteiger partial charge in [0.2, 0.25) is 11.8 Å². The Hall–Kier alpha value is -2.49. The minimum atomic E-state index is -4.23. The number of hydrogen-bond donors (Lipinski definition) is 1. The number of nitrogens with zero attached hydrogens (tertiary/aromatic N) is 2. The van der Waals surface area contributed by atoms with Gasteiger partial charge < -0.3 is 10.2 Å². The summed E-state index contributed by atoms with van der Waals surface area (Å²) in [6.07, 6.45) is 0.279. The van der Waals surface area contributed by atoms with Crippen LogP contribution in [-0.2, 0) is 26.2 Å². The highest BCUT2D eigenvalue weighted by Crippen LogP contribution is 2.30. The number of nitrogens with one attached hydrogen (secondary N) is 1.